The number of anilines is 4. The van der Waals surface area contributed by atoms with Crippen molar-refractivity contribution in [3.63, 3.8) is 0 Å². The lowest BCUT2D eigenvalue weighted by molar-refractivity contribution is 0.981. The van der Waals surface area contributed by atoms with E-state index in [1.54, 1.807) is 6.20 Å². The SMILES string of the molecule is CCc1ccccc1Nc1cnnc(Nc2ccc(C)cc2)n1. The molecule has 3 aromatic rings. The van der Waals surface area contributed by atoms with E-state index in [2.05, 4.69) is 45.7 Å². The van der Waals surface area contributed by atoms with Gasteiger partial charge in [-0.2, -0.15) is 10.1 Å². The van der Waals surface area contributed by atoms with Crippen LogP contribution in [-0.4, -0.2) is 15.2 Å². The van der Waals surface area contributed by atoms with E-state index in [9.17, 15) is 0 Å². The molecule has 3 rings (SSSR count). The minimum absolute atomic E-state index is 0.466. The summed E-state index contributed by atoms with van der Waals surface area (Å²) in [6, 6.07) is 16.2. The van der Waals surface area contributed by atoms with E-state index in [0.717, 1.165) is 17.8 Å². The Morgan fingerprint density at radius 2 is 1.74 bits per heavy atom. The van der Waals surface area contributed by atoms with Gasteiger partial charge in [0.05, 0.1) is 6.20 Å². The maximum atomic E-state index is 4.47. The van der Waals surface area contributed by atoms with Crippen molar-refractivity contribution in [3.05, 3.63) is 65.9 Å². The van der Waals surface area contributed by atoms with Crippen molar-refractivity contribution in [2.24, 2.45) is 0 Å². The lowest BCUT2D eigenvalue weighted by atomic mass is 10.1. The maximum absolute atomic E-state index is 4.47. The quantitative estimate of drug-likeness (QED) is 0.738. The van der Waals surface area contributed by atoms with Gasteiger partial charge in [-0.05, 0) is 37.1 Å². The Morgan fingerprint density at radius 3 is 2.52 bits per heavy atom. The zero-order valence-corrected chi connectivity index (χ0v) is 13.2. The first-order valence-corrected chi connectivity index (χ1v) is 7.63. The summed E-state index contributed by atoms with van der Waals surface area (Å²) in [6.45, 7) is 4.18. The monoisotopic (exact) mass is 305 g/mol. The van der Waals surface area contributed by atoms with Gasteiger partial charge in [0.1, 0.15) is 0 Å². The standard InChI is InChI=1S/C18H19N5/c1-3-14-6-4-5-7-16(14)21-17-12-19-23-18(22-17)20-15-10-8-13(2)9-11-15/h4-12H,3H2,1-2H3,(H2,20,21,22,23). The number of aryl methyl sites for hydroxylation is 2. The van der Waals surface area contributed by atoms with Gasteiger partial charge in [-0.15, -0.1) is 5.10 Å². The van der Waals surface area contributed by atoms with Crippen LogP contribution in [0.4, 0.5) is 23.1 Å². The normalized spacial score (nSPS) is 10.3. The highest BCUT2D eigenvalue weighted by atomic mass is 15.3. The number of nitrogens with zero attached hydrogens (tertiary/aromatic N) is 3. The Labute approximate surface area is 135 Å². The van der Waals surface area contributed by atoms with Gasteiger partial charge < -0.3 is 10.6 Å². The fourth-order valence-electron chi connectivity index (χ4n) is 2.27. The first-order chi connectivity index (χ1) is 11.2. The van der Waals surface area contributed by atoms with Crippen molar-refractivity contribution in [2.75, 3.05) is 10.6 Å². The topological polar surface area (TPSA) is 62.7 Å². The lowest BCUT2D eigenvalue weighted by Gasteiger charge is -2.10. The summed E-state index contributed by atoms with van der Waals surface area (Å²) in [5, 5.41) is 14.5. The molecule has 0 saturated carbocycles. The van der Waals surface area contributed by atoms with Crippen LogP contribution in [-0.2, 0) is 6.42 Å². The first-order valence-electron chi connectivity index (χ1n) is 7.63. The molecular weight excluding hydrogens is 286 g/mol. The molecule has 0 amide bonds. The lowest BCUT2D eigenvalue weighted by Crippen LogP contribution is -2.03. The molecule has 0 atom stereocenters. The molecule has 1 heterocycles. The molecule has 0 spiro atoms. The van der Waals surface area contributed by atoms with E-state index in [0.29, 0.717) is 11.8 Å². The van der Waals surface area contributed by atoms with Gasteiger partial charge in [0.15, 0.2) is 5.82 Å². The molecule has 2 N–H and O–H groups in total. The molecule has 0 unspecified atom stereocenters. The van der Waals surface area contributed by atoms with Crippen LogP contribution in [0.5, 0.6) is 0 Å². The molecule has 0 bridgehead atoms. The Morgan fingerprint density at radius 1 is 0.957 bits per heavy atom. The van der Waals surface area contributed by atoms with E-state index in [4.69, 9.17) is 0 Å². The van der Waals surface area contributed by atoms with Gasteiger partial charge in [-0.3, -0.25) is 0 Å². The smallest absolute Gasteiger partial charge is 0.249 e. The molecule has 0 saturated heterocycles. The summed E-state index contributed by atoms with van der Waals surface area (Å²) in [6.07, 6.45) is 2.57. The summed E-state index contributed by atoms with van der Waals surface area (Å²) >= 11 is 0. The molecule has 23 heavy (non-hydrogen) atoms. The van der Waals surface area contributed by atoms with Gasteiger partial charge in [0.2, 0.25) is 5.95 Å². The molecule has 0 radical (unpaired) electrons. The van der Waals surface area contributed by atoms with Gasteiger partial charge in [0, 0.05) is 11.4 Å². The summed E-state index contributed by atoms with van der Waals surface area (Å²) in [7, 11) is 0. The predicted octanol–water partition coefficient (Wildman–Crippen LogP) is 4.23. The molecule has 0 aliphatic carbocycles. The molecule has 5 nitrogen and oxygen atoms in total. The second-order valence-corrected chi connectivity index (χ2v) is 5.29. The van der Waals surface area contributed by atoms with E-state index in [1.807, 2.05) is 42.5 Å². The summed E-state index contributed by atoms with van der Waals surface area (Å²) in [5.74, 6) is 1.13. The van der Waals surface area contributed by atoms with E-state index in [1.165, 1.54) is 11.1 Å². The highest BCUT2D eigenvalue weighted by molar-refractivity contribution is 5.61. The van der Waals surface area contributed by atoms with Crippen LogP contribution >= 0.6 is 0 Å². The summed E-state index contributed by atoms with van der Waals surface area (Å²) in [4.78, 5) is 4.47. The number of hydrogen-bond donors (Lipinski definition) is 2. The number of rotatable bonds is 5. The molecule has 2 aromatic carbocycles. The van der Waals surface area contributed by atoms with Gasteiger partial charge >= 0.3 is 0 Å². The zero-order chi connectivity index (χ0) is 16.1. The van der Waals surface area contributed by atoms with Crippen LogP contribution in [0.3, 0.4) is 0 Å². The summed E-state index contributed by atoms with van der Waals surface area (Å²) < 4.78 is 0. The minimum atomic E-state index is 0.466. The molecule has 0 aliphatic rings. The molecule has 0 fully saturated rings. The van der Waals surface area contributed by atoms with Crippen molar-refractivity contribution in [2.45, 2.75) is 20.3 Å². The van der Waals surface area contributed by atoms with Crippen molar-refractivity contribution < 1.29 is 0 Å². The third-order valence-electron chi connectivity index (χ3n) is 3.53. The highest BCUT2D eigenvalue weighted by Crippen LogP contribution is 2.20. The number of nitrogens with one attached hydrogen (secondary N) is 2. The van der Waals surface area contributed by atoms with Gasteiger partial charge in [-0.25, -0.2) is 0 Å². The predicted molar refractivity (Wildman–Crippen MR) is 93.4 cm³/mol. The number of hydrogen-bond acceptors (Lipinski definition) is 5. The largest absolute Gasteiger partial charge is 0.339 e. The second kappa shape index (κ2) is 6.87. The average Bonchev–Trinajstić information content (AvgIpc) is 2.58. The summed E-state index contributed by atoms with van der Waals surface area (Å²) in [5.41, 5.74) is 4.42. The molecule has 0 aliphatic heterocycles. The molecule has 1 aromatic heterocycles. The number of benzene rings is 2. The maximum Gasteiger partial charge on any atom is 0.249 e. The number of para-hydroxylation sites is 1. The van der Waals surface area contributed by atoms with E-state index in [-0.39, 0.29) is 0 Å². The van der Waals surface area contributed by atoms with Crippen LogP contribution < -0.4 is 10.6 Å². The first kappa shape index (κ1) is 15.0. The van der Waals surface area contributed by atoms with Crippen molar-refractivity contribution >= 4 is 23.1 Å². The molecule has 5 heteroatoms. The Bertz CT molecular complexity index is 783. The second-order valence-electron chi connectivity index (χ2n) is 5.29. The van der Waals surface area contributed by atoms with Crippen molar-refractivity contribution in [1.29, 1.82) is 0 Å². The third kappa shape index (κ3) is 3.83. The van der Waals surface area contributed by atoms with Gasteiger partial charge in [0.25, 0.3) is 0 Å². The molecular formula is C18H19N5. The van der Waals surface area contributed by atoms with E-state index >= 15 is 0 Å². The van der Waals surface area contributed by atoms with Gasteiger partial charge in [-0.1, -0.05) is 42.8 Å². The highest BCUT2D eigenvalue weighted by Gasteiger charge is 2.04. The van der Waals surface area contributed by atoms with Crippen LogP contribution in [0, 0.1) is 6.92 Å². The minimum Gasteiger partial charge on any atom is -0.339 e. The Balaban J connectivity index is 1.78. The molecule has 116 valence electrons. The van der Waals surface area contributed by atoms with Crippen LogP contribution in [0.2, 0.25) is 0 Å². The van der Waals surface area contributed by atoms with E-state index < -0.39 is 0 Å². The Hall–Kier alpha value is -2.95. The third-order valence-corrected chi connectivity index (χ3v) is 3.53. The average molecular weight is 305 g/mol. The fraction of sp³-hybridized carbons (Fsp3) is 0.167. The van der Waals surface area contributed by atoms with Crippen LogP contribution in [0.15, 0.2) is 54.7 Å². The fourth-order valence-corrected chi connectivity index (χ4v) is 2.27. The van der Waals surface area contributed by atoms with Crippen molar-refractivity contribution in [1.82, 2.24) is 15.2 Å². The Kier molecular flexibility index (Phi) is 4.47. The zero-order valence-electron chi connectivity index (χ0n) is 13.2. The number of aromatic nitrogens is 3. The van der Waals surface area contributed by atoms with Crippen molar-refractivity contribution in [3.8, 4) is 0 Å². The van der Waals surface area contributed by atoms with Crippen LogP contribution in [0.1, 0.15) is 18.1 Å². The van der Waals surface area contributed by atoms with Crippen LogP contribution in [0.25, 0.3) is 0 Å².